The number of likely N-dealkylation sites (N-methyl/N-ethyl adjacent to an activating group) is 1. The molecule has 1 saturated carbocycles. The molecule has 1 N–H and O–H groups in total. The summed E-state index contributed by atoms with van der Waals surface area (Å²) in [5.41, 5.74) is 1.23. The maximum absolute atomic E-state index is 4.62. The van der Waals surface area contributed by atoms with E-state index in [1.54, 1.807) is 11.3 Å². The minimum Gasteiger partial charge on any atom is -0.308 e. The van der Waals surface area contributed by atoms with Gasteiger partial charge in [-0.1, -0.05) is 6.92 Å². The minimum atomic E-state index is 0.368. The van der Waals surface area contributed by atoms with Gasteiger partial charge >= 0.3 is 0 Å². The lowest BCUT2D eigenvalue weighted by Crippen LogP contribution is -2.34. The monoisotopic (exact) mass is 267 g/mol. The summed E-state index contributed by atoms with van der Waals surface area (Å²) in [6, 6.07) is 1.24. The van der Waals surface area contributed by atoms with Gasteiger partial charge in [0.1, 0.15) is 0 Å². The SMILES string of the molecule is CCN(CCNC(C)c1nc(C)sc1C)C1CC1. The zero-order chi connectivity index (χ0) is 13.1. The third-order valence-electron chi connectivity index (χ3n) is 3.67. The number of thiazole rings is 1. The molecule has 0 amide bonds. The van der Waals surface area contributed by atoms with Crippen LogP contribution < -0.4 is 5.32 Å². The van der Waals surface area contributed by atoms with Gasteiger partial charge in [-0.15, -0.1) is 11.3 Å². The van der Waals surface area contributed by atoms with Crippen molar-refractivity contribution < 1.29 is 0 Å². The van der Waals surface area contributed by atoms with Crippen LogP contribution in [0.5, 0.6) is 0 Å². The first kappa shape index (κ1) is 14.0. The summed E-state index contributed by atoms with van der Waals surface area (Å²) in [6.45, 7) is 12.1. The minimum absolute atomic E-state index is 0.368. The van der Waals surface area contributed by atoms with E-state index >= 15 is 0 Å². The Morgan fingerprint density at radius 1 is 1.44 bits per heavy atom. The number of rotatable bonds is 7. The highest BCUT2D eigenvalue weighted by Gasteiger charge is 2.27. The molecular weight excluding hydrogens is 242 g/mol. The largest absolute Gasteiger partial charge is 0.308 e. The van der Waals surface area contributed by atoms with Gasteiger partial charge in [-0.05, 0) is 40.2 Å². The van der Waals surface area contributed by atoms with E-state index in [0.29, 0.717) is 6.04 Å². The molecule has 18 heavy (non-hydrogen) atoms. The zero-order valence-electron chi connectivity index (χ0n) is 12.0. The van der Waals surface area contributed by atoms with Crippen LogP contribution >= 0.6 is 11.3 Å². The van der Waals surface area contributed by atoms with Gasteiger partial charge in [-0.2, -0.15) is 0 Å². The molecule has 0 aromatic carbocycles. The zero-order valence-corrected chi connectivity index (χ0v) is 12.8. The van der Waals surface area contributed by atoms with Crippen molar-refractivity contribution in [1.82, 2.24) is 15.2 Å². The van der Waals surface area contributed by atoms with E-state index in [4.69, 9.17) is 0 Å². The molecule has 3 nitrogen and oxygen atoms in total. The molecule has 0 spiro atoms. The first-order valence-electron chi connectivity index (χ1n) is 7.03. The Hall–Kier alpha value is -0.450. The van der Waals surface area contributed by atoms with Crippen molar-refractivity contribution in [2.75, 3.05) is 19.6 Å². The number of nitrogens with one attached hydrogen (secondary N) is 1. The quantitative estimate of drug-likeness (QED) is 0.823. The average Bonchev–Trinajstić information content (AvgIpc) is 3.10. The van der Waals surface area contributed by atoms with Crippen molar-refractivity contribution in [3.63, 3.8) is 0 Å². The second-order valence-corrected chi connectivity index (χ2v) is 6.62. The van der Waals surface area contributed by atoms with Gasteiger partial charge in [-0.25, -0.2) is 4.98 Å². The Morgan fingerprint density at radius 3 is 2.67 bits per heavy atom. The fraction of sp³-hybridized carbons (Fsp3) is 0.786. The summed E-state index contributed by atoms with van der Waals surface area (Å²) in [6.07, 6.45) is 2.79. The van der Waals surface area contributed by atoms with E-state index in [1.165, 1.54) is 35.0 Å². The molecular formula is C14H25N3S. The normalized spacial score (nSPS) is 17.4. The van der Waals surface area contributed by atoms with Crippen molar-refractivity contribution in [3.8, 4) is 0 Å². The fourth-order valence-electron chi connectivity index (χ4n) is 2.51. The number of nitrogens with zero attached hydrogens (tertiary/aromatic N) is 2. The predicted molar refractivity (Wildman–Crippen MR) is 78.3 cm³/mol. The number of aromatic nitrogens is 1. The second kappa shape index (κ2) is 6.13. The third-order valence-corrected chi connectivity index (χ3v) is 4.57. The van der Waals surface area contributed by atoms with Crippen molar-refractivity contribution in [1.29, 1.82) is 0 Å². The van der Waals surface area contributed by atoms with Crippen LogP contribution in [0, 0.1) is 13.8 Å². The predicted octanol–water partition coefficient (Wildman–Crippen LogP) is 2.89. The summed E-state index contributed by atoms with van der Waals surface area (Å²) >= 11 is 1.80. The van der Waals surface area contributed by atoms with Gasteiger partial charge in [0.25, 0.3) is 0 Å². The van der Waals surface area contributed by atoms with Crippen LogP contribution in [0.1, 0.15) is 48.3 Å². The van der Waals surface area contributed by atoms with Gasteiger partial charge < -0.3 is 5.32 Å². The molecule has 1 aromatic heterocycles. The lowest BCUT2D eigenvalue weighted by atomic mass is 10.2. The molecule has 0 saturated heterocycles. The maximum Gasteiger partial charge on any atom is 0.0900 e. The first-order chi connectivity index (χ1) is 8.61. The summed E-state index contributed by atoms with van der Waals surface area (Å²) in [5.74, 6) is 0. The lowest BCUT2D eigenvalue weighted by Gasteiger charge is -2.21. The number of hydrogen-bond acceptors (Lipinski definition) is 4. The molecule has 1 aromatic rings. The van der Waals surface area contributed by atoms with Crippen LogP contribution in [0.4, 0.5) is 0 Å². The lowest BCUT2D eigenvalue weighted by molar-refractivity contribution is 0.273. The standard InChI is InChI=1S/C14H25N3S/c1-5-17(13-6-7-13)9-8-15-10(2)14-11(3)18-12(4)16-14/h10,13,15H,5-9H2,1-4H3. The van der Waals surface area contributed by atoms with Gasteiger partial charge in [-0.3, -0.25) is 4.90 Å². The molecule has 4 heteroatoms. The van der Waals surface area contributed by atoms with Crippen LogP contribution in [0.2, 0.25) is 0 Å². The first-order valence-corrected chi connectivity index (χ1v) is 7.84. The van der Waals surface area contributed by atoms with Gasteiger partial charge in [0.15, 0.2) is 0 Å². The number of hydrogen-bond donors (Lipinski definition) is 1. The van der Waals surface area contributed by atoms with Crippen molar-refractivity contribution in [2.45, 2.75) is 52.6 Å². The molecule has 102 valence electrons. The van der Waals surface area contributed by atoms with E-state index in [-0.39, 0.29) is 0 Å². The Kier molecular flexibility index (Phi) is 4.76. The van der Waals surface area contributed by atoms with E-state index in [0.717, 1.165) is 19.1 Å². The summed E-state index contributed by atoms with van der Waals surface area (Å²) < 4.78 is 0. The van der Waals surface area contributed by atoms with Gasteiger partial charge in [0.2, 0.25) is 0 Å². The Morgan fingerprint density at radius 2 is 2.17 bits per heavy atom. The Labute approximate surface area is 115 Å². The molecule has 1 atom stereocenters. The average molecular weight is 267 g/mol. The van der Waals surface area contributed by atoms with Crippen LogP contribution in [-0.2, 0) is 0 Å². The molecule has 1 aliphatic carbocycles. The van der Waals surface area contributed by atoms with E-state index in [1.807, 2.05) is 0 Å². The summed E-state index contributed by atoms with van der Waals surface area (Å²) in [7, 11) is 0. The number of aryl methyl sites for hydroxylation is 2. The second-order valence-electron chi connectivity index (χ2n) is 5.21. The van der Waals surface area contributed by atoms with Gasteiger partial charge in [0, 0.05) is 30.1 Å². The highest BCUT2D eigenvalue weighted by Crippen LogP contribution is 2.26. The summed E-state index contributed by atoms with van der Waals surface area (Å²) in [4.78, 5) is 8.55. The van der Waals surface area contributed by atoms with Crippen LogP contribution in [0.15, 0.2) is 0 Å². The van der Waals surface area contributed by atoms with Crippen LogP contribution in [0.3, 0.4) is 0 Å². The molecule has 1 aliphatic rings. The Bertz CT molecular complexity index is 384. The maximum atomic E-state index is 4.62. The topological polar surface area (TPSA) is 28.2 Å². The van der Waals surface area contributed by atoms with Crippen molar-refractivity contribution >= 4 is 11.3 Å². The van der Waals surface area contributed by atoms with E-state index in [9.17, 15) is 0 Å². The fourth-order valence-corrected chi connectivity index (χ4v) is 3.42. The molecule has 0 aliphatic heterocycles. The molecule has 0 bridgehead atoms. The van der Waals surface area contributed by atoms with E-state index in [2.05, 4.69) is 42.9 Å². The van der Waals surface area contributed by atoms with E-state index < -0.39 is 0 Å². The Balaban J connectivity index is 1.77. The molecule has 1 heterocycles. The summed E-state index contributed by atoms with van der Waals surface area (Å²) in [5, 5.41) is 4.77. The highest BCUT2D eigenvalue weighted by atomic mass is 32.1. The molecule has 0 radical (unpaired) electrons. The highest BCUT2D eigenvalue weighted by molar-refractivity contribution is 7.11. The van der Waals surface area contributed by atoms with Gasteiger partial charge in [0.05, 0.1) is 10.7 Å². The van der Waals surface area contributed by atoms with Crippen LogP contribution in [0.25, 0.3) is 0 Å². The molecule has 1 unspecified atom stereocenters. The smallest absolute Gasteiger partial charge is 0.0900 e. The molecule has 2 rings (SSSR count). The molecule has 1 fully saturated rings. The third kappa shape index (κ3) is 3.53. The van der Waals surface area contributed by atoms with Crippen molar-refractivity contribution in [2.24, 2.45) is 0 Å². The van der Waals surface area contributed by atoms with Crippen molar-refractivity contribution in [3.05, 3.63) is 15.6 Å². The van der Waals surface area contributed by atoms with Crippen LogP contribution in [-0.4, -0.2) is 35.6 Å².